The number of halogens is 3. The highest BCUT2D eigenvalue weighted by Gasteiger charge is 2.64. The Bertz CT molecular complexity index is 1290. The van der Waals surface area contributed by atoms with Gasteiger partial charge in [-0.25, -0.2) is 0 Å². The minimum atomic E-state index is -4.73. The average Bonchev–Trinajstić information content (AvgIpc) is 3.33. The molecule has 2 aromatic rings. The van der Waals surface area contributed by atoms with Crippen LogP contribution < -0.4 is 10.2 Å². The second-order valence-electron chi connectivity index (χ2n) is 14.2. The smallest absolute Gasteiger partial charge is 0.408 e. The lowest BCUT2D eigenvalue weighted by Crippen LogP contribution is -2.46. The van der Waals surface area contributed by atoms with Crippen LogP contribution in [-0.2, 0) is 27.9 Å². The third-order valence-corrected chi connectivity index (χ3v) is 9.98. The fourth-order valence-corrected chi connectivity index (χ4v) is 5.72. The van der Waals surface area contributed by atoms with Crippen molar-refractivity contribution in [1.82, 2.24) is 0 Å². The molecule has 46 heavy (non-hydrogen) atoms. The summed E-state index contributed by atoms with van der Waals surface area (Å²) in [7, 11) is -1.83. The molecule has 252 valence electrons. The first kappa shape index (κ1) is 36.8. The van der Waals surface area contributed by atoms with Gasteiger partial charge >= 0.3 is 27.5 Å². The molecule has 2 aliphatic rings. The van der Waals surface area contributed by atoms with Gasteiger partial charge in [0, 0.05) is 6.61 Å². The minimum Gasteiger partial charge on any atom is -0.408 e. The van der Waals surface area contributed by atoms with E-state index in [1.165, 1.54) is 12.1 Å². The number of hydrogen-bond acceptors (Lipinski definition) is 7. The van der Waals surface area contributed by atoms with Crippen LogP contribution >= 0.6 is 0 Å². The monoisotopic (exact) mass is 646 g/mol. The molecule has 0 aliphatic carbocycles. The highest BCUT2D eigenvalue weighted by Crippen LogP contribution is 2.45. The number of ether oxygens (including phenoxy) is 1. The lowest BCUT2D eigenvalue weighted by molar-refractivity contribution is -0.274. The third kappa shape index (κ3) is 8.34. The van der Waals surface area contributed by atoms with Gasteiger partial charge in [-0.1, -0.05) is 43.3 Å². The van der Waals surface area contributed by atoms with Crippen LogP contribution in [0, 0.1) is 0 Å². The highest BCUT2D eigenvalue weighted by atomic mass is 19.4. The number of hydrogen-bond donors (Lipinski definition) is 0. The zero-order valence-corrected chi connectivity index (χ0v) is 28.9. The van der Waals surface area contributed by atoms with E-state index in [9.17, 15) is 13.2 Å². The summed E-state index contributed by atoms with van der Waals surface area (Å²) < 4.78 is 79.7. The Morgan fingerprint density at radius 2 is 1.24 bits per heavy atom. The molecule has 2 fully saturated rings. The number of rotatable bonds is 13. The first-order chi connectivity index (χ1) is 21.2. The molecular formula is C33H48B3F3O7. The summed E-state index contributed by atoms with van der Waals surface area (Å²) in [4.78, 5) is 0. The predicted octanol–water partition coefficient (Wildman–Crippen LogP) is 7.58. The predicted molar refractivity (Wildman–Crippen MR) is 176 cm³/mol. The van der Waals surface area contributed by atoms with Crippen molar-refractivity contribution in [3.63, 3.8) is 0 Å². The second kappa shape index (κ2) is 13.5. The summed E-state index contributed by atoms with van der Waals surface area (Å²) in [5.41, 5.74) is -0.0925. The van der Waals surface area contributed by atoms with Crippen molar-refractivity contribution < 1.29 is 45.8 Å². The Morgan fingerprint density at radius 3 is 1.74 bits per heavy atom. The molecule has 2 aliphatic heterocycles. The minimum absolute atomic E-state index is 0.258. The fraction of sp³-hybridized carbons (Fsp3) is 0.636. The maximum atomic E-state index is 12.5. The van der Waals surface area contributed by atoms with Gasteiger partial charge in [0.15, 0.2) is 0 Å². The van der Waals surface area contributed by atoms with Crippen LogP contribution in [-0.4, -0.2) is 62.1 Å². The lowest BCUT2D eigenvalue weighted by Gasteiger charge is -2.38. The quantitative estimate of drug-likeness (QED) is 0.208. The summed E-state index contributed by atoms with van der Waals surface area (Å²) in [6.45, 7) is 20.8. The van der Waals surface area contributed by atoms with Crippen LogP contribution in [0.5, 0.6) is 5.75 Å². The maximum Gasteiger partial charge on any atom is 0.573 e. The summed E-state index contributed by atoms with van der Waals surface area (Å²) in [5.74, 6) is -0.258. The van der Waals surface area contributed by atoms with Gasteiger partial charge in [0.25, 0.3) is 0 Å². The molecule has 2 heterocycles. The van der Waals surface area contributed by atoms with Gasteiger partial charge in [0.1, 0.15) is 5.75 Å². The standard InChI is InChI=1S/C33H48B3F3O7/c1-11-31(9,22-13-23-32(10)30(7,8)44-36(46-32)35-42-28(3,4)29(5,6)43-35)45-34(40-12-2)26-18-14-24(15-19-26)25-16-20-27(21-17-25)41-33(37,38)39/h14-21H,11-13,22-23H2,1-10H3. The van der Waals surface area contributed by atoms with Gasteiger partial charge in [-0.3, -0.25) is 0 Å². The maximum absolute atomic E-state index is 12.5. The summed E-state index contributed by atoms with van der Waals surface area (Å²) in [6, 6.07) is 13.5. The van der Waals surface area contributed by atoms with Gasteiger partial charge in [0.2, 0.25) is 0 Å². The zero-order valence-electron chi connectivity index (χ0n) is 28.9. The molecular weight excluding hydrogens is 598 g/mol. The molecule has 2 saturated heterocycles. The number of alkyl halides is 3. The molecule has 4 rings (SSSR count). The molecule has 0 aromatic heterocycles. The van der Waals surface area contributed by atoms with E-state index < -0.39 is 55.5 Å². The molecule has 0 radical (unpaired) electrons. The average molecular weight is 646 g/mol. The van der Waals surface area contributed by atoms with Crippen LogP contribution in [0.3, 0.4) is 0 Å². The van der Waals surface area contributed by atoms with Crippen molar-refractivity contribution in [2.75, 3.05) is 6.61 Å². The van der Waals surface area contributed by atoms with Crippen molar-refractivity contribution in [2.45, 2.75) is 129 Å². The van der Waals surface area contributed by atoms with Gasteiger partial charge in [-0.05, 0) is 117 Å². The van der Waals surface area contributed by atoms with Crippen molar-refractivity contribution in [1.29, 1.82) is 0 Å². The molecule has 2 aromatic carbocycles. The van der Waals surface area contributed by atoms with Gasteiger partial charge in [0.05, 0.1) is 28.0 Å². The highest BCUT2D eigenvalue weighted by molar-refractivity contribution is 7.11. The second-order valence-corrected chi connectivity index (χ2v) is 14.2. The fourth-order valence-electron chi connectivity index (χ4n) is 5.72. The van der Waals surface area contributed by atoms with Gasteiger partial charge in [-0.2, -0.15) is 0 Å². The Balaban J connectivity index is 1.38. The normalized spacial score (nSPS) is 23.4. The molecule has 0 saturated carbocycles. The SMILES string of the molecule is CCOB(OC(C)(CC)CCCC1(C)OB(B2OC(C)(C)C(C)(C)O2)OC1(C)C)c1ccc(-c2ccc(OC(F)(F)F)cc2)cc1. The first-order valence-electron chi connectivity index (χ1n) is 16.2. The largest absolute Gasteiger partial charge is 0.573 e. The Labute approximate surface area is 273 Å². The van der Waals surface area contributed by atoms with Crippen molar-refractivity contribution in [3.05, 3.63) is 48.5 Å². The van der Waals surface area contributed by atoms with Crippen LogP contribution in [0.4, 0.5) is 13.2 Å². The summed E-state index contributed by atoms with van der Waals surface area (Å²) in [5, 5.41) is 0. The molecule has 2 atom stereocenters. The molecule has 0 amide bonds. The summed E-state index contributed by atoms with van der Waals surface area (Å²) in [6.07, 6.45) is -1.61. The van der Waals surface area contributed by atoms with E-state index in [0.717, 1.165) is 42.3 Å². The Kier molecular flexibility index (Phi) is 10.8. The summed E-state index contributed by atoms with van der Waals surface area (Å²) >= 11 is 0. The molecule has 0 N–H and O–H groups in total. The first-order valence-corrected chi connectivity index (χ1v) is 16.2. The zero-order chi connectivity index (χ0) is 34.2. The van der Waals surface area contributed by atoms with E-state index >= 15 is 0 Å². The van der Waals surface area contributed by atoms with Crippen molar-refractivity contribution in [3.8, 4) is 16.9 Å². The molecule has 0 spiro atoms. The lowest BCUT2D eigenvalue weighted by atomic mass is 9.49. The number of benzene rings is 2. The van der Waals surface area contributed by atoms with E-state index in [4.69, 9.17) is 27.9 Å². The Morgan fingerprint density at radius 1 is 0.739 bits per heavy atom. The van der Waals surface area contributed by atoms with E-state index in [1.54, 1.807) is 12.1 Å². The van der Waals surface area contributed by atoms with Crippen molar-refractivity contribution >= 4 is 26.6 Å². The van der Waals surface area contributed by atoms with Gasteiger partial charge < -0.3 is 32.7 Å². The molecule has 7 nitrogen and oxygen atoms in total. The van der Waals surface area contributed by atoms with E-state index in [1.807, 2.05) is 72.7 Å². The van der Waals surface area contributed by atoms with Crippen LogP contribution in [0.15, 0.2) is 48.5 Å². The van der Waals surface area contributed by atoms with Gasteiger partial charge in [-0.15, -0.1) is 13.2 Å². The molecule has 2 unspecified atom stereocenters. The Hall–Kier alpha value is -2.02. The third-order valence-electron chi connectivity index (χ3n) is 9.98. The van der Waals surface area contributed by atoms with Crippen LogP contribution in [0.2, 0.25) is 0 Å². The van der Waals surface area contributed by atoms with Crippen molar-refractivity contribution in [2.24, 2.45) is 0 Å². The van der Waals surface area contributed by atoms with E-state index in [2.05, 4.69) is 25.5 Å². The molecule has 0 bridgehead atoms. The van der Waals surface area contributed by atoms with E-state index in [-0.39, 0.29) is 5.75 Å². The topological polar surface area (TPSA) is 64.6 Å². The van der Waals surface area contributed by atoms with Crippen LogP contribution in [0.1, 0.15) is 94.9 Å². The molecule has 13 heteroatoms. The van der Waals surface area contributed by atoms with E-state index in [0.29, 0.717) is 6.61 Å². The van der Waals surface area contributed by atoms with Crippen LogP contribution in [0.25, 0.3) is 11.1 Å².